The molecule has 1 aromatic rings. The fourth-order valence-electron chi connectivity index (χ4n) is 2.05. The Balaban J connectivity index is 2.41. The highest BCUT2D eigenvalue weighted by Crippen LogP contribution is 2.12. The zero-order valence-electron chi connectivity index (χ0n) is 11.4. The fraction of sp³-hybridized carbons (Fsp3) is 0.571. The molecule has 0 bridgehead atoms. The minimum atomic E-state index is 0.670. The second-order valence-electron chi connectivity index (χ2n) is 4.71. The van der Waals surface area contributed by atoms with E-state index in [2.05, 4.69) is 36.3 Å². The van der Waals surface area contributed by atoms with Gasteiger partial charge in [-0.1, -0.05) is 19.1 Å². The summed E-state index contributed by atoms with van der Waals surface area (Å²) in [5.41, 5.74) is 1.32. The number of methoxy groups -OCH3 is 1. The van der Waals surface area contributed by atoms with E-state index in [0.717, 1.165) is 25.4 Å². The molecule has 3 nitrogen and oxygen atoms in total. The molecule has 1 aromatic carbocycles. The van der Waals surface area contributed by atoms with Crippen molar-refractivity contribution in [1.29, 1.82) is 0 Å². The molecular weight excluding hydrogens is 212 g/mol. The summed E-state index contributed by atoms with van der Waals surface area (Å²) in [5, 5.41) is 3.21. The average molecular weight is 236 g/mol. The molecular formula is C14H24N2O. The smallest absolute Gasteiger partial charge is 0.118 e. The summed E-state index contributed by atoms with van der Waals surface area (Å²) in [4.78, 5) is 2.35. The van der Waals surface area contributed by atoms with Crippen LogP contribution in [-0.2, 0) is 6.54 Å². The molecule has 0 aliphatic rings. The van der Waals surface area contributed by atoms with E-state index in [1.165, 1.54) is 5.56 Å². The van der Waals surface area contributed by atoms with Crippen LogP contribution >= 0.6 is 0 Å². The normalized spacial score (nSPS) is 12.8. The third-order valence-electron chi connectivity index (χ3n) is 2.79. The molecule has 1 atom stereocenters. The lowest BCUT2D eigenvalue weighted by molar-refractivity contribution is 0.276. The van der Waals surface area contributed by atoms with Gasteiger partial charge in [-0.3, -0.25) is 0 Å². The van der Waals surface area contributed by atoms with Gasteiger partial charge in [0.1, 0.15) is 5.75 Å². The van der Waals surface area contributed by atoms with E-state index in [1.54, 1.807) is 7.11 Å². The Bertz CT molecular complexity index is 311. The molecule has 1 N–H and O–H groups in total. The summed E-state index contributed by atoms with van der Waals surface area (Å²) in [6, 6.07) is 8.27. The number of hydrogen-bond donors (Lipinski definition) is 1. The van der Waals surface area contributed by atoms with Crippen LogP contribution in [0.1, 0.15) is 12.5 Å². The highest BCUT2D eigenvalue weighted by atomic mass is 16.5. The Morgan fingerprint density at radius 3 is 2.47 bits per heavy atom. The van der Waals surface area contributed by atoms with Crippen molar-refractivity contribution >= 4 is 0 Å². The van der Waals surface area contributed by atoms with Gasteiger partial charge in [0.2, 0.25) is 0 Å². The van der Waals surface area contributed by atoms with E-state index >= 15 is 0 Å². The second kappa shape index (κ2) is 7.30. The molecule has 3 heteroatoms. The van der Waals surface area contributed by atoms with Crippen molar-refractivity contribution in [3.8, 4) is 5.75 Å². The number of nitrogens with one attached hydrogen (secondary N) is 1. The van der Waals surface area contributed by atoms with Crippen molar-refractivity contribution in [1.82, 2.24) is 10.2 Å². The predicted molar refractivity (Wildman–Crippen MR) is 72.4 cm³/mol. The Morgan fingerprint density at radius 2 is 1.94 bits per heavy atom. The van der Waals surface area contributed by atoms with E-state index in [0.29, 0.717) is 5.92 Å². The Labute approximate surface area is 105 Å². The van der Waals surface area contributed by atoms with E-state index in [4.69, 9.17) is 4.74 Å². The molecule has 0 aromatic heterocycles. The van der Waals surface area contributed by atoms with Gasteiger partial charge >= 0.3 is 0 Å². The zero-order chi connectivity index (χ0) is 12.7. The van der Waals surface area contributed by atoms with Crippen molar-refractivity contribution in [3.63, 3.8) is 0 Å². The summed E-state index contributed by atoms with van der Waals surface area (Å²) >= 11 is 0. The first-order chi connectivity index (χ1) is 8.15. The fourth-order valence-corrected chi connectivity index (χ4v) is 2.05. The molecule has 17 heavy (non-hydrogen) atoms. The molecule has 0 heterocycles. The molecule has 0 fully saturated rings. The average Bonchev–Trinajstić information content (AvgIpc) is 2.30. The maximum atomic E-state index is 5.15. The molecule has 0 saturated carbocycles. The van der Waals surface area contributed by atoms with Crippen LogP contribution in [0.4, 0.5) is 0 Å². The topological polar surface area (TPSA) is 24.5 Å². The standard InChI is InChI=1S/C14H24N2O/c1-12(9-15-2)10-16(3)11-13-5-7-14(17-4)8-6-13/h5-8,12,15H,9-11H2,1-4H3. The van der Waals surface area contributed by atoms with Gasteiger partial charge in [0.25, 0.3) is 0 Å². The lowest BCUT2D eigenvalue weighted by Crippen LogP contribution is -2.29. The van der Waals surface area contributed by atoms with Gasteiger partial charge in [-0.15, -0.1) is 0 Å². The van der Waals surface area contributed by atoms with Crippen LogP contribution in [0.2, 0.25) is 0 Å². The first-order valence-corrected chi connectivity index (χ1v) is 6.11. The van der Waals surface area contributed by atoms with Gasteiger partial charge in [0.05, 0.1) is 7.11 Å². The quantitative estimate of drug-likeness (QED) is 0.783. The summed E-state index contributed by atoms with van der Waals surface area (Å²) in [5.74, 6) is 1.59. The maximum Gasteiger partial charge on any atom is 0.118 e. The molecule has 0 spiro atoms. The molecule has 1 rings (SSSR count). The first kappa shape index (κ1) is 14.0. The third kappa shape index (κ3) is 5.20. The van der Waals surface area contributed by atoms with Crippen LogP contribution in [0.5, 0.6) is 5.75 Å². The lowest BCUT2D eigenvalue weighted by Gasteiger charge is -2.21. The summed E-state index contributed by atoms with van der Waals surface area (Å²) in [7, 11) is 5.86. The van der Waals surface area contributed by atoms with E-state index in [1.807, 2.05) is 19.2 Å². The number of nitrogens with zero attached hydrogens (tertiary/aromatic N) is 1. The van der Waals surface area contributed by atoms with Crippen molar-refractivity contribution in [2.45, 2.75) is 13.5 Å². The van der Waals surface area contributed by atoms with Crippen LogP contribution in [0.3, 0.4) is 0 Å². The molecule has 0 amide bonds. The van der Waals surface area contributed by atoms with Gasteiger partial charge in [-0.05, 0) is 44.3 Å². The van der Waals surface area contributed by atoms with Crippen molar-refractivity contribution in [2.24, 2.45) is 5.92 Å². The molecule has 1 unspecified atom stereocenters. The summed E-state index contributed by atoms with van der Waals surface area (Å²) in [6.45, 7) is 5.42. The maximum absolute atomic E-state index is 5.15. The first-order valence-electron chi connectivity index (χ1n) is 6.11. The second-order valence-corrected chi connectivity index (χ2v) is 4.71. The van der Waals surface area contributed by atoms with Crippen molar-refractivity contribution in [3.05, 3.63) is 29.8 Å². The minimum Gasteiger partial charge on any atom is -0.497 e. The molecule has 0 aliphatic heterocycles. The zero-order valence-corrected chi connectivity index (χ0v) is 11.4. The van der Waals surface area contributed by atoms with Crippen LogP contribution in [0.15, 0.2) is 24.3 Å². The molecule has 96 valence electrons. The Morgan fingerprint density at radius 1 is 1.29 bits per heavy atom. The SMILES string of the molecule is CNCC(C)CN(C)Cc1ccc(OC)cc1. The highest BCUT2D eigenvalue weighted by molar-refractivity contribution is 5.26. The lowest BCUT2D eigenvalue weighted by atomic mass is 10.1. The molecule has 0 aliphatic carbocycles. The summed E-state index contributed by atoms with van der Waals surface area (Å²) < 4.78 is 5.15. The van der Waals surface area contributed by atoms with Gasteiger partial charge in [-0.2, -0.15) is 0 Å². The Kier molecular flexibility index (Phi) is 6.01. The van der Waals surface area contributed by atoms with Crippen LogP contribution in [0.25, 0.3) is 0 Å². The van der Waals surface area contributed by atoms with Gasteiger partial charge in [-0.25, -0.2) is 0 Å². The number of hydrogen-bond acceptors (Lipinski definition) is 3. The largest absolute Gasteiger partial charge is 0.497 e. The third-order valence-corrected chi connectivity index (χ3v) is 2.79. The predicted octanol–water partition coefficient (Wildman–Crippen LogP) is 1.98. The van der Waals surface area contributed by atoms with Crippen molar-refractivity contribution < 1.29 is 4.74 Å². The number of rotatable bonds is 7. The highest BCUT2D eigenvalue weighted by Gasteiger charge is 2.06. The summed E-state index contributed by atoms with van der Waals surface area (Å²) in [6.07, 6.45) is 0. The van der Waals surface area contributed by atoms with E-state index in [-0.39, 0.29) is 0 Å². The number of ether oxygens (including phenoxy) is 1. The van der Waals surface area contributed by atoms with E-state index < -0.39 is 0 Å². The number of benzene rings is 1. The Hall–Kier alpha value is -1.06. The monoisotopic (exact) mass is 236 g/mol. The van der Waals surface area contributed by atoms with Crippen LogP contribution < -0.4 is 10.1 Å². The molecule has 0 radical (unpaired) electrons. The molecule has 0 saturated heterocycles. The minimum absolute atomic E-state index is 0.670. The van der Waals surface area contributed by atoms with Crippen molar-refractivity contribution in [2.75, 3.05) is 34.3 Å². The van der Waals surface area contributed by atoms with Gasteiger partial charge < -0.3 is 15.0 Å². The van der Waals surface area contributed by atoms with Gasteiger partial charge in [0.15, 0.2) is 0 Å². The van der Waals surface area contributed by atoms with Gasteiger partial charge in [0, 0.05) is 13.1 Å². The van der Waals surface area contributed by atoms with E-state index in [9.17, 15) is 0 Å². The van der Waals surface area contributed by atoms with Crippen LogP contribution in [-0.4, -0.2) is 39.2 Å². The van der Waals surface area contributed by atoms with Crippen LogP contribution in [0, 0.1) is 5.92 Å².